The predicted octanol–water partition coefficient (Wildman–Crippen LogP) is 2.15. The normalized spacial score (nSPS) is 25.1. The van der Waals surface area contributed by atoms with E-state index in [-0.39, 0.29) is 17.5 Å². The van der Waals surface area contributed by atoms with Crippen molar-refractivity contribution in [1.82, 2.24) is 4.90 Å². The Morgan fingerprint density at radius 3 is 2.68 bits per heavy atom. The van der Waals surface area contributed by atoms with Gasteiger partial charge in [-0.2, -0.15) is 0 Å². The third-order valence-electron chi connectivity index (χ3n) is 4.22. The zero-order valence-corrected chi connectivity index (χ0v) is 12.5. The second-order valence-electron chi connectivity index (χ2n) is 5.72. The minimum atomic E-state index is -0.532. The smallest absolute Gasteiger partial charge is 0.290 e. The summed E-state index contributed by atoms with van der Waals surface area (Å²) >= 11 is 0. The molecule has 0 unspecified atom stereocenters. The van der Waals surface area contributed by atoms with Crippen molar-refractivity contribution < 1.29 is 19.4 Å². The Bertz CT molecular complexity index is 617. The highest BCUT2D eigenvalue weighted by Crippen LogP contribution is 2.38. The van der Waals surface area contributed by atoms with Crippen molar-refractivity contribution in [1.29, 1.82) is 0 Å². The molecular weight excluding hydrogens is 282 g/mol. The summed E-state index contributed by atoms with van der Waals surface area (Å²) in [6, 6.07) is 8.79. The number of aliphatic hydroxyl groups is 1. The Morgan fingerprint density at radius 2 is 2.09 bits per heavy atom. The summed E-state index contributed by atoms with van der Waals surface area (Å²) in [6.07, 6.45) is 1.83. The Morgan fingerprint density at radius 1 is 1.36 bits per heavy atom. The SMILES string of the molecule is CC(=O)C1=C(O)C(=O)N(C[C@H]2CCCO2)[C@@H]1c1ccccc1. The maximum absolute atomic E-state index is 12.4. The molecule has 22 heavy (non-hydrogen) atoms. The van der Waals surface area contributed by atoms with Crippen LogP contribution in [0.3, 0.4) is 0 Å². The van der Waals surface area contributed by atoms with Crippen molar-refractivity contribution in [3.8, 4) is 0 Å². The summed E-state index contributed by atoms with van der Waals surface area (Å²) in [4.78, 5) is 25.9. The first-order valence-corrected chi connectivity index (χ1v) is 7.51. The van der Waals surface area contributed by atoms with Gasteiger partial charge in [0.15, 0.2) is 11.5 Å². The van der Waals surface area contributed by atoms with E-state index in [9.17, 15) is 14.7 Å². The second kappa shape index (κ2) is 5.93. The maximum atomic E-state index is 12.4. The van der Waals surface area contributed by atoms with Gasteiger partial charge in [0.25, 0.3) is 5.91 Å². The third-order valence-corrected chi connectivity index (χ3v) is 4.22. The van der Waals surface area contributed by atoms with Gasteiger partial charge in [-0.05, 0) is 25.3 Å². The number of aliphatic hydroxyl groups excluding tert-OH is 1. The fourth-order valence-electron chi connectivity index (χ4n) is 3.19. The zero-order valence-electron chi connectivity index (χ0n) is 12.5. The Kier molecular flexibility index (Phi) is 3.98. The number of carbonyl (C=O) groups excluding carboxylic acids is 2. The highest BCUT2D eigenvalue weighted by Gasteiger charge is 2.43. The number of ether oxygens (including phenoxy) is 1. The van der Waals surface area contributed by atoms with E-state index in [0.29, 0.717) is 13.2 Å². The predicted molar refractivity (Wildman–Crippen MR) is 80.2 cm³/mol. The summed E-state index contributed by atoms with van der Waals surface area (Å²) in [6.45, 7) is 2.46. The average molecular weight is 301 g/mol. The Balaban J connectivity index is 1.97. The van der Waals surface area contributed by atoms with Gasteiger partial charge in [-0.15, -0.1) is 0 Å². The number of rotatable bonds is 4. The first-order valence-electron chi connectivity index (χ1n) is 7.51. The Hall–Kier alpha value is -2.14. The van der Waals surface area contributed by atoms with Crippen LogP contribution in [0.5, 0.6) is 0 Å². The summed E-state index contributed by atoms with van der Waals surface area (Å²) in [5.74, 6) is -1.21. The molecule has 1 aromatic rings. The molecule has 2 heterocycles. The molecule has 2 atom stereocenters. The molecule has 3 rings (SSSR count). The van der Waals surface area contributed by atoms with Crippen molar-refractivity contribution in [2.75, 3.05) is 13.2 Å². The minimum Gasteiger partial charge on any atom is -0.503 e. The number of nitrogens with zero attached hydrogens (tertiary/aromatic N) is 1. The van der Waals surface area contributed by atoms with Gasteiger partial charge >= 0.3 is 0 Å². The van der Waals surface area contributed by atoms with Crippen LogP contribution in [-0.2, 0) is 14.3 Å². The molecule has 5 heteroatoms. The van der Waals surface area contributed by atoms with Crippen molar-refractivity contribution in [3.05, 3.63) is 47.2 Å². The summed E-state index contributed by atoms with van der Waals surface area (Å²) in [7, 11) is 0. The van der Waals surface area contributed by atoms with Gasteiger partial charge in [-0.25, -0.2) is 0 Å². The van der Waals surface area contributed by atoms with Crippen molar-refractivity contribution in [2.24, 2.45) is 0 Å². The van der Waals surface area contributed by atoms with Crippen LogP contribution in [0.2, 0.25) is 0 Å². The van der Waals surface area contributed by atoms with Crippen LogP contribution >= 0.6 is 0 Å². The molecule has 1 saturated heterocycles. The second-order valence-corrected chi connectivity index (χ2v) is 5.72. The lowest BCUT2D eigenvalue weighted by molar-refractivity contribution is -0.131. The van der Waals surface area contributed by atoms with Crippen molar-refractivity contribution >= 4 is 11.7 Å². The molecule has 0 aromatic heterocycles. The minimum absolute atomic E-state index is 0.0331. The number of hydrogen-bond donors (Lipinski definition) is 1. The van der Waals surface area contributed by atoms with Gasteiger partial charge in [-0.3, -0.25) is 9.59 Å². The number of ketones is 1. The fraction of sp³-hybridized carbons (Fsp3) is 0.412. The first-order chi connectivity index (χ1) is 10.6. The van der Waals surface area contributed by atoms with Crippen LogP contribution in [0, 0.1) is 0 Å². The summed E-state index contributed by atoms with van der Waals surface area (Å²) in [5.41, 5.74) is 0.997. The lowest BCUT2D eigenvalue weighted by Crippen LogP contribution is -2.37. The fourth-order valence-corrected chi connectivity index (χ4v) is 3.19. The molecule has 1 N–H and O–H groups in total. The number of Topliss-reactive ketones (excluding diaryl/α,β-unsaturated/α-hetero) is 1. The van der Waals surface area contributed by atoms with Gasteiger partial charge in [0.2, 0.25) is 0 Å². The van der Waals surface area contributed by atoms with Gasteiger partial charge in [-0.1, -0.05) is 30.3 Å². The van der Waals surface area contributed by atoms with Gasteiger partial charge in [0, 0.05) is 13.2 Å². The molecule has 1 fully saturated rings. The van der Waals surface area contributed by atoms with E-state index in [4.69, 9.17) is 4.74 Å². The van der Waals surface area contributed by atoms with Gasteiger partial charge in [0.05, 0.1) is 17.7 Å². The number of hydrogen-bond acceptors (Lipinski definition) is 4. The van der Waals surface area contributed by atoms with Gasteiger partial charge in [0.1, 0.15) is 0 Å². The molecule has 2 aliphatic heterocycles. The molecule has 0 spiro atoms. The molecular formula is C17H19NO4. The molecule has 0 radical (unpaired) electrons. The van der Waals surface area contributed by atoms with Crippen LogP contribution in [-0.4, -0.2) is 41.0 Å². The maximum Gasteiger partial charge on any atom is 0.290 e. The highest BCUT2D eigenvalue weighted by atomic mass is 16.5. The average Bonchev–Trinajstić information content (AvgIpc) is 3.10. The lowest BCUT2D eigenvalue weighted by atomic mass is 9.96. The van der Waals surface area contributed by atoms with Crippen LogP contribution in [0.15, 0.2) is 41.7 Å². The summed E-state index contributed by atoms with van der Waals surface area (Å²) in [5, 5.41) is 10.1. The zero-order chi connectivity index (χ0) is 15.7. The van der Waals surface area contributed by atoms with E-state index in [1.54, 1.807) is 4.90 Å². The van der Waals surface area contributed by atoms with E-state index in [2.05, 4.69) is 0 Å². The highest BCUT2D eigenvalue weighted by molar-refractivity contribution is 6.08. The third kappa shape index (κ3) is 2.52. The van der Waals surface area contributed by atoms with E-state index in [1.165, 1.54) is 6.92 Å². The molecule has 0 aliphatic carbocycles. The quantitative estimate of drug-likeness (QED) is 0.925. The molecule has 5 nitrogen and oxygen atoms in total. The van der Waals surface area contributed by atoms with E-state index in [0.717, 1.165) is 18.4 Å². The van der Waals surface area contributed by atoms with Crippen LogP contribution < -0.4 is 0 Å². The molecule has 0 bridgehead atoms. The topological polar surface area (TPSA) is 66.8 Å². The summed E-state index contributed by atoms with van der Waals surface area (Å²) < 4.78 is 5.60. The van der Waals surface area contributed by atoms with Crippen LogP contribution in [0.25, 0.3) is 0 Å². The monoisotopic (exact) mass is 301 g/mol. The molecule has 1 aromatic carbocycles. The van der Waals surface area contributed by atoms with Crippen molar-refractivity contribution in [3.63, 3.8) is 0 Å². The van der Waals surface area contributed by atoms with Gasteiger partial charge < -0.3 is 14.7 Å². The van der Waals surface area contributed by atoms with E-state index >= 15 is 0 Å². The van der Waals surface area contributed by atoms with E-state index < -0.39 is 17.7 Å². The number of carbonyl (C=O) groups is 2. The molecule has 2 aliphatic rings. The Labute approximate surface area is 129 Å². The molecule has 1 amide bonds. The largest absolute Gasteiger partial charge is 0.503 e. The molecule has 0 saturated carbocycles. The van der Waals surface area contributed by atoms with Crippen LogP contribution in [0.1, 0.15) is 31.4 Å². The number of benzene rings is 1. The van der Waals surface area contributed by atoms with Crippen LogP contribution in [0.4, 0.5) is 0 Å². The first kappa shape index (κ1) is 14.8. The standard InChI is InChI=1S/C17H19NO4/c1-11(19)14-15(12-6-3-2-4-7-12)18(17(21)16(14)20)10-13-8-5-9-22-13/h2-4,6-7,13,15,20H,5,8-10H2,1H3/t13-,15-/m1/s1. The van der Waals surface area contributed by atoms with Crippen molar-refractivity contribution in [2.45, 2.75) is 31.9 Å². The number of amides is 1. The molecule has 116 valence electrons. The lowest BCUT2D eigenvalue weighted by Gasteiger charge is -2.28. The van der Waals surface area contributed by atoms with E-state index in [1.807, 2.05) is 30.3 Å².